The third kappa shape index (κ3) is 3.43. The number of hydrogen-bond donors (Lipinski definition) is 3. The van der Waals surface area contributed by atoms with Crippen molar-refractivity contribution in [2.45, 2.75) is 6.61 Å². The van der Waals surface area contributed by atoms with Gasteiger partial charge in [-0.1, -0.05) is 0 Å². The summed E-state index contributed by atoms with van der Waals surface area (Å²) < 4.78 is 5.25. The first kappa shape index (κ1) is 11.1. The van der Waals surface area contributed by atoms with Gasteiger partial charge in [0.05, 0.1) is 19.8 Å². The van der Waals surface area contributed by atoms with E-state index in [1.54, 1.807) is 0 Å². The lowest BCUT2D eigenvalue weighted by molar-refractivity contribution is 0.0414. The van der Waals surface area contributed by atoms with Gasteiger partial charge in [-0.25, -0.2) is 5.90 Å². The van der Waals surface area contributed by atoms with E-state index in [0.717, 1.165) is 10.4 Å². The van der Waals surface area contributed by atoms with E-state index in [1.165, 1.54) is 11.3 Å². The Balaban J connectivity index is 2.33. The van der Waals surface area contributed by atoms with E-state index >= 15 is 0 Å². The molecule has 0 aromatic carbocycles. The largest absolute Gasteiger partial charge is 0.384 e. The summed E-state index contributed by atoms with van der Waals surface area (Å²) in [7, 11) is 0. The Morgan fingerprint density at radius 2 is 2.29 bits per heavy atom. The van der Waals surface area contributed by atoms with E-state index in [-0.39, 0.29) is 5.84 Å². The van der Waals surface area contributed by atoms with Gasteiger partial charge in [-0.15, -0.1) is 11.3 Å². The van der Waals surface area contributed by atoms with Crippen LogP contribution in [0.2, 0.25) is 0 Å². The minimum atomic E-state index is 0.0813. The van der Waals surface area contributed by atoms with Crippen molar-refractivity contribution < 1.29 is 9.57 Å². The molecule has 0 aliphatic carbocycles. The van der Waals surface area contributed by atoms with Gasteiger partial charge in [0.15, 0.2) is 0 Å². The molecule has 6 heteroatoms. The molecule has 0 radical (unpaired) electrons. The minimum Gasteiger partial charge on any atom is -0.384 e. The third-order valence-electron chi connectivity index (χ3n) is 1.55. The molecule has 0 aliphatic heterocycles. The molecule has 0 aliphatic rings. The molecule has 78 valence electrons. The Morgan fingerprint density at radius 1 is 1.50 bits per heavy atom. The van der Waals surface area contributed by atoms with Crippen molar-refractivity contribution in [1.29, 1.82) is 5.41 Å². The highest BCUT2D eigenvalue weighted by atomic mass is 32.1. The standard InChI is InChI=1S/C8H13N3O2S/c9-8(10)6-3-7(14-5-6)4-12-1-2-13-11/h3,5H,1-2,4,11H2,(H3,9,10). The molecule has 5 nitrogen and oxygen atoms in total. The fraction of sp³-hybridized carbons (Fsp3) is 0.375. The van der Waals surface area contributed by atoms with E-state index in [2.05, 4.69) is 4.84 Å². The Kier molecular flexibility index (Phi) is 4.54. The van der Waals surface area contributed by atoms with Gasteiger partial charge >= 0.3 is 0 Å². The normalized spacial score (nSPS) is 10.4. The number of rotatable bonds is 6. The number of nitrogen functional groups attached to an aromatic ring is 1. The molecule has 0 atom stereocenters. The number of nitrogens with one attached hydrogen (secondary N) is 1. The van der Waals surface area contributed by atoms with Gasteiger partial charge in [0.2, 0.25) is 0 Å². The molecule has 0 unspecified atom stereocenters. The second kappa shape index (κ2) is 5.71. The van der Waals surface area contributed by atoms with Crippen LogP contribution in [0.4, 0.5) is 0 Å². The quantitative estimate of drug-likeness (QED) is 0.278. The monoisotopic (exact) mass is 215 g/mol. The van der Waals surface area contributed by atoms with Gasteiger partial charge in [0, 0.05) is 15.8 Å². The molecule has 0 saturated carbocycles. The van der Waals surface area contributed by atoms with Crippen LogP contribution in [0.15, 0.2) is 11.4 Å². The van der Waals surface area contributed by atoms with Crippen LogP contribution in [0.3, 0.4) is 0 Å². The summed E-state index contributed by atoms with van der Waals surface area (Å²) in [6, 6.07) is 1.84. The second-order valence-corrected chi connectivity index (χ2v) is 3.63. The van der Waals surface area contributed by atoms with Crippen LogP contribution in [0.25, 0.3) is 0 Å². The summed E-state index contributed by atoms with van der Waals surface area (Å²) in [4.78, 5) is 5.38. The number of nitrogens with two attached hydrogens (primary N) is 2. The van der Waals surface area contributed by atoms with E-state index in [4.69, 9.17) is 21.8 Å². The average molecular weight is 215 g/mol. The Hall–Kier alpha value is -0.950. The first-order valence-electron chi connectivity index (χ1n) is 4.05. The van der Waals surface area contributed by atoms with E-state index in [9.17, 15) is 0 Å². The summed E-state index contributed by atoms with van der Waals surface area (Å²) in [5, 5.41) is 9.03. The number of hydrogen-bond acceptors (Lipinski definition) is 5. The molecule has 0 spiro atoms. The van der Waals surface area contributed by atoms with Crippen molar-refractivity contribution in [2.75, 3.05) is 13.2 Å². The third-order valence-corrected chi connectivity index (χ3v) is 2.46. The maximum absolute atomic E-state index is 7.20. The van der Waals surface area contributed by atoms with E-state index < -0.39 is 0 Å². The summed E-state index contributed by atoms with van der Waals surface area (Å²) in [6.07, 6.45) is 0. The lowest BCUT2D eigenvalue weighted by Gasteiger charge is -1.99. The molecule has 5 N–H and O–H groups in total. The SMILES string of the molecule is N=C(N)c1csc(COCCON)c1. The molecule has 0 amide bonds. The summed E-state index contributed by atoms with van der Waals surface area (Å²) in [5.74, 6) is 4.91. The van der Waals surface area contributed by atoms with Crippen LogP contribution in [-0.4, -0.2) is 19.0 Å². The first-order chi connectivity index (χ1) is 6.74. The summed E-state index contributed by atoms with van der Waals surface area (Å²) in [5.41, 5.74) is 6.06. The smallest absolute Gasteiger partial charge is 0.123 e. The molecule has 1 aromatic rings. The Labute approximate surface area is 86.1 Å². The molecule has 1 heterocycles. The average Bonchev–Trinajstić information content (AvgIpc) is 2.61. The molecule has 1 aromatic heterocycles. The molecule has 14 heavy (non-hydrogen) atoms. The van der Waals surface area contributed by atoms with Gasteiger partial charge in [-0.3, -0.25) is 5.41 Å². The maximum Gasteiger partial charge on any atom is 0.123 e. The van der Waals surface area contributed by atoms with Crippen molar-refractivity contribution in [3.05, 3.63) is 21.9 Å². The predicted octanol–water partition coefficient (Wildman–Crippen LogP) is 0.439. The molecular weight excluding hydrogens is 202 g/mol. The van der Waals surface area contributed by atoms with Crippen molar-refractivity contribution in [3.8, 4) is 0 Å². The number of thiophene rings is 1. The first-order valence-corrected chi connectivity index (χ1v) is 4.93. The zero-order valence-electron chi connectivity index (χ0n) is 7.66. The van der Waals surface area contributed by atoms with Crippen LogP contribution in [-0.2, 0) is 16.2 Å². The number of amidine groups is 1. The van der Waals surface area contributed by atoms with Gasteiger partial charge < -0.3 is 15.3 Å². The van der Waals surface area contributed by atoms with Crippen LogP contribution in [0, 0.1) is 5.41 Å². The van der Waals surface area contributed by atoms with Crippen LogP contribution in [0.1, 0.15) is 10.4 Å². The highest BCUT2D eigenvalue weighted by Gasteiger charge is 2.01. The minimum absolute atomic E-state index is 0.0813. The lowest BCUT2D eigenvalue weighted by atomic mass is 10.3. The Morgan fingerprint density at radius 3 is 2.86 bits per heavy atom. The lowest BCUT2D eigenvalue weighted by Crippen LogP contribution is -2.09. The van der Waals surface area contributed by atoms with Gasteiger partial charge in [-0.2, -0.15) is 0 Å². The van der Waals surface area contributed by atoms with Crippen molar-refractivity contribution in [3.63, 3.8) is 0 Å². The van der Waals surface area contributed by atoms with Gasteiger partial charge in [0.1, 0.15) is 5.84 Å². The van der Waals surface area contributed by atoms with E-state index in [0.29, 0.717) is 19.8 Å². The molecule has 0 fully saturated rings. The fourth-order valence-electron chi connectivity index (χ4n) is 0.877. The fourth-order valence-corrected chi connectivity index (χ4v) is 1.70. The van der Waals surface area contributed by atoms with Crippen LogP contribution < -0.4 is 11.6 Å². The molecule has 1 rings (SSSR count). The molecular formula is C8H13N3O2S. The molecule has 0 bridgehead atoms. The zero-order valence-corrected chi connectivity index (χ0v) is 8.47. The topological polar surface area (TPSA) is 94.4 Å². The number of ether oxygens (including phenoxy) is 1. The maximum atomic E-state index is 7.20. The van der Waals surface area contributed by atoms with Crippen molar-refractivity contribution >= 4 is 17.2 Å². The highest BCUT2D eigenvalue weighted by molar-refractivity contribution is 7.10. The van der Waals surface area contributed by atoms with Gasteiger partial charge in [-0.05, 0) is 6.07 Å². The highest BCUT2D eigenvalue weighted by Crippen LogP contribution is 2.14. The van der Waals surface area contributed by atoms with Crippen molar-refractivity contribution in [1.82, 2.24) is 0 Å². The molecule has 0 saturated heterocycles. The van der Waals surface area contributed by atoms with Crippen LogP contribution in [0.5, 0.6) is 0 Å². The van der Waals surface area contributed by atoms with Crippen molar-refractivity contribution in [2.24, 2.45) is 11.6 Å². The Bertz CT molecular complexity index is 301. The van der Waals surface area contributed by atoms with E-state index in [1.807, 2.05) is 11.4 Å². The van der Waals surface area contributed by atoms with Crippen LogP contribution >= 0.6 is 11.3 Å². The zero-order chi connectivity index (χ0) is 10.4. The summed E-state index contributed by atoms with van der Waals surface area (Å²) in [6.45, 7) is 1.34. The second-order valence-electron chi connectivity index (χ2n) is 2.64. The van der Waals surface area contributed by atoms with Gasteiger partial charge in [0.25, 0.3) is 0 Å². The predicted molar refractivity (Wildman–Crippen MR) is 55.1 cm³/mol. The summed E-state index contributed by atoms with van der Waals surface area (Å²) >= 11 is 1.52.